The molecule has 1 heterocycles. The average Bonchev–Trinajstić information content (AvgIpc) is 2.81. The fraction of sp³-hybridized carbons (Fsp3) is 0.611. The van der Waals surface area contributed by atoms with Gasteiger partial charge in [0.2, 0.25) is 0 Å². The second-order valence-electron chi connectivity index (χ2n) is 6.92. The molecule has 0 bridgehead atoms. The van der Waals surface area contributed by atoms with E-state index in [0.717, 1.165) is 11.1 Å². The molecule has 1 N–H and O–H groups in total. The first-order valence-electron chi connectivity index (χ1n) is 8.12. The van der Waals surface area contributed by atoms with E-state index in [1.54, 1.807) is 0 Å². The predicted octanol–water partition coefficient (Wildman–Crippen LogP) is 4.70. The van der Waals surface area contributed by atoms with Crippen LogP contribution in [-0.2, 0) is 0 Å². The van der Waals surface area contributed by atoms with Crippen LogP contribution in [0.3, 0.4) is 0 Å². The molecule has 3 rings (SSSR count). The summed E-state index contributed by atoms with van der Waals surface area (Å²) in [5.74, 6) is 2.04. The molecule has 3 heteroatoms. The van der Waals surface area contributed by atoms with Gasteiger partial charge in [-0.2, -0.15) is 0 Å². The van der Waals surface area contributed by atoms with Crippen molar-refractivity contribution in [2.24, 2.45) is 10.9 Å². The van der Waals surface area contributed by atoms with Gasteiger partial charge in [-0.25, -0.2) is 0 Å². The molecule has 0 aromatic heterocycles. The monoisotopic (exact) mass is 302 g/mol. The van der Waals surface area contributed by atoms with E-state index in [1.807, 2.05) is 11.8 Å². The summed E-state index contributed by atoms with van der Waals surface area (Å²) < 4.78 is 0. The van der Waals surface area contributed by atoms with Crippen LogP contribution in [0.15, 0.2) is 29.3 Å². The molecule has 1 aliphatic heterocycles. The molecule has 2 aliphatic rings. The first kappa shape index (κ1) is 15.0. The molecule has 0 amide bonds. The number of hydrogen-bond donors (Lipinski definition) is 1. The Kier molecular flexibility index (Phi) is 4.30. The fourth-order valence-electron chi connectivity index (χ4n) is 3.58. The smallest absolute Gasteiger partial charge is 0.157 e. The van der Waals surface area contributed by atoms with E-state index in [0.29, 0.717) is 5.54 Å². The highest BCUT2D eigenvalue weighted by molar-refractivity contribution is 8.14. The third-order valence-electron chi connectivity index (χ3n) is 4.82. The summed E-state index contributed by atoms with van der Waals surface area (Å²) in [5, 5.41) is 4.91. The van der Waals surface area contributed by atoms with Crippen LogP contribution in [-0.4, -0.2) is 16.5 Å². The van der Waals surface area contributed by atoms with Gasteiger partial charge in [0.25, 0.3) is 0 Å². The topological polar surface area (TPSA) is 24.4 Å². The molecule has 2 fully saturated rings. The Hall–Kier alpha value is -0.960. The standard InChI is InChI=1S/C18H26N2S/c1-13-6-8-16(9-7-13)15(3)19-17-20-18(12-21-17)10-4-5-14(2)11-18/h6-9,14-15H,4-5,10-12H2,1-3H3,(H,19,20). The first-order valence-corrected chi connectivity index (χ1v) is 9.10. The van der Waals surface area contributed by atoms with Gasteiger partial charge in [0.05, 0.1) is 6.04 Å². The van der Waals surface area contributed by atoms with E-state index >= 15 is 0 Å². The highest BCUT2D eigenvalue weighted by atomic mass is 32.2. The summed E-state index contributed by atoms with van der Waals surface area (Å²) >= 11 is 1.91. The SMILES string of the molecule is Cc1ccc(C(C)N=C2NC3(CCCC(C)C3)CS2)cc1. The Balaban J connectivity index is 1.69. The van der Waals surface area contributed by atoms with Crippen molar-refractivity contribution < 1.29 is 0 Å². The summed E-state index contributed by atoms with van der Waals surface area (Å²) in [7, 11) is 0. The molecule has 1 aliphatic carbocycles. The number of hydrogen-bond acceptors (Lipinski definition) is 2. The molecular formula is C18H26N2S. The zero-order valence-corrected chi connectivity index (χ0v) is 14.2. The molecule has 3 atom stereocenters. The molecule has 3 unspecified atom stereocenters. The molecule has 0 radical (unpaired) electrons. The van der Waals surface area contributed by atoms with Crippen LogP contribution < -0.4 is 5.32 Å². The summed E-state index contributed by atoms with van der Waals surface area (Å²) in [6.07, 6.45) is 5.36. The number of benzene rings is 1. The quantitative estimate of drug-likeness (QED) is 0.856. The molecule has 21 heavy (non-hydrogen) atoms. The van der Waals surface area contributed by atoms with E-state index in [1.165, 1.54) is 42.6 Å². The average molecular weight is 302 g/mol. The van der Waals surface area contributed by atoms with Crippen molar-refractivity contribution in [2.45, 2.75) is 58.0 Å². The van der Waals surface area contributed by atoms with Crippen molar-refractivity contribution in [3.8, 4) is 0 Å². The van der Waals surface area contributed by atoms with Gasteiger partial charge in [0, 0.05) is 11.3 Å². The van der Waals surface area contributed by atoms with E-state index in [2.05, 4.69) is 50.4 Å². The van der Waals surface area contributed by atoms with Gasteiger partial charge in [-0.1, -0.05) is 61.4 Å². The summed E-state index contributed by atoms with van der Waals surface area (Å²) in [6.45, 7) is 6.70. The zero-order chi connectivity index (χ0) is 14.9. The maximum Gasteiger partial charge on any atom is 0.157 e. The van der Waals surface area contributed by atoms with Gasteiger partial charge >= 0.3 is 0 Å². The maximum absolute atomic E-state index is 4.92. The van der Waals surface area contributed by atoms with Gasteiger partial charge < -0.3 is 5.32 Å². The molecule has 1 saturated carbocycles. The lowest BCUT2D eigenvalue weighted by Crippen LogP contribution is -2.47. The Bertz CT molecular complexity index is 523. The third kappa shape index (κ3) is 3.45. The molecule has 114 valence electrons. The van der Waals surface area contributed by atoms with Crippen LogP contribution in [0.2, 0.25) is 0 Å². The Morgan fingerprint density at radius 1 is 1.33 bits per heavy atom. The number of amidine groups is 1. The minimum Gasteiger partial charge on any atom is -0.359 e. The highest BCUT2D eigenvalue weighted by Gasteiger charge is 2.40. The van der Waals surface area contributed by atoms with Crippen LogP contribution in [0.1, 0.15) is 56.7 Å². The summed E-state index contributed by atoms with van der Waals surface area (Å²) in [4.78, 5) is 4.92. The molecule has 2 nitrogen and oxygen atoms in total. The number of rotatable bonds is 2. The van der Waals surface area contributed by atoms with E-state index in [-0.39, 0.29) is 6.04 Å². The largest absolute Gasteiger partial charge is 0.359 e. The van der Waals surface area contributed by atoms with Crippen molar-refractivity contribution in [1.82, 2.24) is 5.32 Å². The number of nitrogens with zero attached hydrogens (tertiary/aromatic N) is 1. The minimum absolute atomic E-state index is 0.233. The van der Waals surface area contributed by atoms with Gasteiger partial charge in [-0.3, -0.25) is 4.99 Å². The van der Waals surface area contributed by atoms with Crippen LogP contribution >= 0.6 is 11.8 Å². The van der Waals surface area contributed by atoms with Crippen molar-refractivity contribution in [3.63, 3.8) is 0 Å². The van der Waals surface area contributed by atoms with Crippen molar-refractivity contribution in [2.75, 3.05) is 5.75 Å². The zero-order valence-electron chi connectivity index (χ0n) is 13.4. The second-order valence-corrected chi connectivity index (χ2v) is 7.88. The van der Waals surface area contributed by atoms with Gasteiger partial charge in [0.15, 0.2) is 5.17 Å². The van der Waals surface area contributed by atoms with Crippen LogP contribution in [0.25, 0.3) is 0 Å². The first-order chi connectivity index (χ1) is 10.1. The number of thioether (sulfide) groups is 1. The van der Waals surface area contributed by atoms with Crippen molar-refractivity contribution >= 4 is 16.9 Å². The predicted molar refractivity (Wildman–Crippen MR) is 93.0 cm³/mol. The fourth-order valence-corrected chi connectivity index (χ4v) is 4.84. The van der Waals surface area contributed by atoms with E-state index < -0.39 is 0 Å². The molecular weight excluding hydrogens is 276 g/mol. The number of aliphatic imine (C=N–C) groups is 1. The Morgan fingerprint density at radius 2 is 2.10 bits per heavy atom. The van der Waals surface area contributed by atoms with Gasteiger partial charge in [-0.15, -0.1) is 0 Å². The minimum atomic E-state index is 0.233. The molecule has 1 aromatic rings. The van der Waals surface area contributed by atoms with Gasteiger partial charge in [-0.05, 0) is 38.2 Å². The van der Waals surface area contributed by atoms with Crippen LogP contribution in [0.5, 0.6) is 0 Å². The van der Waals surface area contributed by atoms with Crippen LogP contribution in [0.4, 0.5) is 0 Å². The molecule has 1 spiro atoms. The van der Waals surface area contributed by atoms with Crippen molar-refractivity contribution in [1.29, 1.82) is 0 Å². The lowest BCUT2D eigenvalue weighted by atomic mass is 9.78. The normalized spacial score (nSPS) is 32.3. The third-order valence-corrected chi connectivity index (χ3v) is 6.00. The Labute approximate surface area is 132 Å². The molecule has 1 saturated heterocycles. The maximum atomic E-state index is 4.92. The lowest BCUT2D eigenvalue weighted by molar-refractivity contribution is 0.242. The van der Waals surface area contributed by atoms with Crippen molar-refractivity contribution in [3.05, 3.63) is 35.4 Å². The highest BCUT2D eigenvalue weighted by Crippen LogP contribution is 2.39. The van der Waals surface area contributed by atoms with E-state index in [9.17, 15) is 0 Å². The number of aryl methyl sites for hydroxylation is 1. The Morgan fingerprint density at radius 3 is 2.81 bits per heavy atom. The lowest BCUT2D eigenvalue weighted by Gasteiger charge is -2.36. The second kappa shape index (κ2) is 6.04. The number of nitrogens with one attached hydrogen (secondary N) is 1. The van der Waals surface area contributed by atoms with Gasteiger partial charge in [0.1, 0.15) is 0 Å². The molecule has 1 aromatic carbocycles. The van der Waals surface area contributed by atoms with Crippen LogP contribution in [0, 0.1) is 12.8 Å². The summed E-state index contributed by atoms with van der Waals surface area (Å²) in [5.41, 5.74) is 2.93. The summed E-state index contributed by atoms with van der Waals surface area (Å²) in [6, 6.07) is 8.97. The van der Waals surface area contributed by atoms with E-state index in [4.69, 9.17) is 4.99 Å².